The van der Waals surface area contributed by atoms with Crippen LogP contribution in [0.1, 0.15) is 11.6 Å². The first-order valence-electron chi connectivity index (χ1n) is 8.02. The molecule has 1 aromatic carbocycles. The highest BCUT2D eigenvalue weighted by molar-refractivity contribution is 5.63. The van der Waals surface area contributed by atoms with E-state index in [1.54, 1.807) is 23.1 Å². The van der Waals surface area contributed by atoms with Gasteiger partial charge in [0.05, 0.1) is 24.5 Å². The lowest BCUT2D eigenvalue weighted by Gasteiger charge is -2.17. The van der Waals surface area contributed by atoms with Crippen LogP contribution in [0.25, 0.3) is 16.9 Å². The first-order chi connectivity index (χ1) is 12.3. The molecule has 0 fully saturated rings. The molecule has 25 heavy (non-hydrogen) atoms. The molecule has 6 heteroatoms. The van der Waals surface area contributed by atoms with E-state index in [2.05, 4.69) is 20.4 Å². The van der Waals surface area contributed by atoms with Crippen LogP contribution in [0.4, 0.5) is 5.82 Å². The maximum absolute atomic E-state index is 9.73. The van der Waals surface area contributed by atoms with E-state index >= 15 is 0 Å². The number of hydrogen-bond donors (Lipinski definition) is 2. The third-order valence-corrected chi connectivity index (χ3v) is 4.05. The molecular weight excluding hydrogens is 314 g/mol. The molecule has 0 unspecified atom stereocenters. The van der Waals surface area contributed by atoms with Gasteiger partial charge in [-0.3, -0.25) is 4.98 Å². The van der Waals surface area contributed by atoms with Crippen LogP contribution in [-0.4, -0.2) is 31.3 Å². The lowest BCUT2D eigenvalue weighted by atomic mass is 10.1. The Morgan fingerprint density at radius 1 is 1.00 bits per heavy atom. The molecule has 4 rings (SSSR count). The number of rotatable bonds is 5. The fourth-order valence-corrected chi connectivity index (χ4v) is 2.77. The van der Waals surface area contributed by atoms with Gasteiger partial charge in [-0.1, -0.05) is 30.3 Å². The Hall–Kier alpha value is -3.25. The number of aliphatic hydroxyl groups excluding tert-OH is 1. The molecule has 0 radical (unpaired) electrons. The van der Waals surface area contributed by atoms with Crippen molar-refractivity contribution in [2.75, 3.05) is 11.9 Å². The van der Waals surface area contributed by atoms with Gasteiger partial charge in [-0.2, -0.15) is 0 Å². The number of aromatic nitrogens is 4. The number of nitrogens with one attached hydrogen (secondary N) is 1. The Kier molecular flexibility index (Phi) is 4.10. The van der Waals surface area contributed by atoms with E-state index in [1.807, 2.05) is 54.6 Å². The zero-order valence-corrected chi connectivity index (χ0v) is 13.4. The van der Waals surface area contributed by atoms with Gasteiger partial charge in [0.15, 0.2) is 5.65 Å². The van der Waals surface area contributed by atoms with Gasteiger partial charge >= 0.3 is 0 Å². The normalized spacial score (nSPS) is 12.2. The Bertz CT molecular complexity index is 969. The number of aliphatic hydroxyl groups is 1. The van der Waals surface area contributed by atoms with Gasteiger partial charge in [-0.25, -0.2) is 9.50 Å². The van der Waals surface area contributed by atoms with Crippen molar-refractivity contribution in [3.05, 3.63) is 78.8 Å². The van der Waals surface area contributed by atoms with Gasteiger partial charge in [-0.15, -0.1) is 5.10 Å². The zero-order chi connectivity index (χ0) is 17.1. The summed E-state index contributed by atoms with van der Waals surface area (Å²) >= 11 is 0. The number of fused-ring (bicyclic) bond motifs is 1. The molecule has 0 spiro atoms. The molecule has 0 saturated carbocycles. The second kappa shape index (κ2) is 6.70. The standard InChI is InChI=1S/C19H17N5O/c25-13-16(14-4-2-1-3-5-14)22-18-6-7-19-21-12-17(24(19)23-18)15-8-10-20-11-9-15/h1-12,16,25H,13H2,(H,22,23)/t16-/m0/s1. The van der Waals surface area contributed by atoms with E-state index in [0.29, 0.717) is 5.82 Å². The van der Waals surface area contributed by atoms with E-state index in [0.717, 1.165) is 22.5 Å². The minimum Gasteiger partial charge on any atom is -0.394 e. The average molecular weight is 331 g/mol. The van der Waals surface area contributed by atoms with E-state index in [1.165, 1.54) is 0 Å². The van der Waals surface area contributed by atoms with Gasteiger partial charge in [0, 0.05) is 18.0 Å². The van der Waals surface area contributed by atoms with Crippen LogP contribution in [0.5, 0.6) is 0 Å². The van der Waals surface area contributed by atoms with Crippen molar-refractivity contribution in [1.82, 2.24) is 19.6 Å². The number of imidazole rings is 1. The number of hydrogen-bond acceptors (Lipinski definition) is 5. The molecule has 0 aliphatic heterocycles. The molecule has 3 aromatic heterocycles. The molecule has 1 atom stereocenters. The SMILES string of the molecule is OC[C@H](Nc1ccc2ncc(-c3ccncc3)n2n1)c1ccccc1. The molecule has 124 valence electrons. The first kappa shape index (κ1) is 15.3. The summed E-state index contributed by atoms with van der Waals surface area (Å²) in [7, 11) is 0. The fraction of sp³-hybridized carbons (Fsp3) is 0.105. The summed E-state index contributed by atoms with van der Waals surface area (Å²) in [5.41, 5.74) is 3.65. The van der Waals surface area contributed by atoms with Crippen molar-refractivity contribution < 1.29 is 5.11 Å². The largest absolute Gasteiger partial charge is 0.394 e. The highest BCUT2D eigenvalue weighted by Gasteiger charge is 2.12. The van der Waals surface area contributed by atoms with Crippen molar-refractivity contribution in [2.24, 2.45) is 0 Å². The van der Waals surface area contributed by atoms with Crippen LogP contribution in [0.2, 0.25) is 0 Å². The molecule has 2 N–H and O–H groups in total. The quantitative estimate of drug-likeness (QED) is 0.588. The van der Waals surface area contributed by atoms with Crippen LogP contribution in [0.15, 0.2) is 73.2 Å². The predicted molar refractivity (Wildman–Crippen MR) is 96.1 cm³/mol. The lowest BCUT2D eigenvalue weighted by molar-refractivity contribution is 0.276. The molecule has 4 aromatic rings. The van der Waals surface area contributed by atoms with Crippen molar-refractivity contribution in [2.45, 2.75) is 6.04 Å². The highest BCUT2D eigenvalue weighted by atomic mass is 16.3. The number of anilines is 1. The molecule has 0 saturated heterocycles. The maximum Gasteiger partial charge on any atom is 0.154 e. The monoisotopic (exact) mass is 331 g/mol. The zero-order valence-electron chi connectivity index (χ0n) is 13.4. The molecule has 3 heterocycles. The van der Waals surface area contributed by atoms with Gasteiger partial charge in [0.2, 0.25) is 0 Å². The van der Waals surface area contributed by atoms with Crippen LogP contribution in [0, 0.1) is 0 Å². The Morgan fingerprint density at radius 3 is 2.56 bits per heavy atom. The maximum atomic E-state index is 9.73. The summed E-state index contributed by atoms with van der Waals surface area (Å²) in [6, 6.07) is 17.2. The van der Waals surface area contributed by atoms with Crippen LogP contribution in [-0.2, 0) is 0 Å². The second-order valence-corrected chi connectivity index (χ2v) is 5.66. The molecule has 0 amide bonds. The van der Waals surface area contributed by atoms with E-state index < -0.39 is 0 Å². The fourth-order valence-electron chi connectivity index (χ4n) is 2.77. The lowest BCUT2D eigenvalue weighted by Crippen LogP contribution is -2.16. The van der Waals surface area contributed by atoms with Crippen LogP contribution in [0.3, 0.4) is 0 Å². The average Bonchev–Trinajstić information content (AvgIpc) is 3.10. The Balaban J connectivity index is 1.69. The Labute approximate surface area is 144 Å². The van der Waals surface area contributed by atoms with Crippen LogP contribution >= 0.6 is 0 Å². The first-order valence-corrected chi connectivity index (χ1v) is 8.02. The van der Waals surface area contributed by atoms with Crippen molar-refractivity contribution >= 4 is 11.5 Å². The summed E-state index contributed by atoms with van der Waals surface area (Å²) < 4.78 is 1.79. The number of pyridine rings is 1. The molecule has 6 nitrogen and oxygen atoms in total. The van der Waals surface area contributed by atoms with Gasteiger partial charge in [0.25, 0.3) is 0 Å². The third-order valence-electron chi connectivity index (χ3n) is 4.05. The topological polar surface area (TPSA) is 75.3 Å². The minimum absolute atomic E-state index is 0.0229. The van der Waals surface area contributed by atoms with E-state index in [4.69, 9.17) is 0 Å². The minimum atomic E-state index is -0.223. The summed E-state index contributed by atoms with van der Waals surface area (Å²) in [5, 5.41) is 17.7. The summed E-state index contributed by atoms with van der Waals surface area (Å²) in [4.78, 5) is 8.44. The third kappa shape index (κ3) is 3.07. The van der Waals surface area contributed by atoms with Crippen molar-refractivity contribution in [3.8, 4) is 11.3 Å². The van der Waals surface area contributed by atoms with E-state index in [-0.39, 0.29) is 12.6 Å². The van der Waals surface area contributed by atoms with Gasteiger partial charge < -0.3 is 10.4 Å². The van der Waals surface area contributed by atoms with Crippen molar-refractivity contribution in [1.29, 1.82) is 0 Å². The summed E-state index contributed by atoms with van der Waals surface area (Å²) in [6.45, 7) is -0.0229. The smallest absolute Gasteiger partial charge is 0.154 e. The Morgan fingerprint density at radius 2 is 1.80 bits per heavy atom. The van der Waals surface area contributed by atoms with Crippen molar-refractivity contribution in [3.63, 3.8) is 0 Å². The summed E-state index contributed by atoms with van der Waals surface area (Å²) in [6.07, 6.45) is 5.28. The molecular formula is C19H17N5O. The molecule has 0 aliphatic carbocycles. The summed E-state index contributed by atoms with van der Waals surface area (Å²) in [5.74, 6) is 0.670. The second-order valence-electron chi connectivity index (χ2n) is 5.66. The number of benzene rings is 1. The molecule has 0 bridgehead atoms. The molecule has 0 aliphatic rings. The van der Waals surface area contributed by atoms with Crippen LogP contribution < -0.4 is 5.32 Å². The van der Waals surface area contributed by atoms with Gasteiger partial charge in [-0.05, 0) is 29.8 Å². The predicted octanol–water partition coefficient (Wildman–Crippen LogP) is 2.94. The highest BCUT2D eigenvalue weighted by Crippen LogP contribution is 2.22. The van der Waals surface area contributed by atoms with Gasteiger partial charge in [0.1, 0.15) is 5.82 Å². The van der Waals surface area contributed by atoms with E-state index in [9.17, 15) is 5.11 Å². The number of nitrogens with zero attached hydrogens (tertiary/aromatic N) is 4.